The van der Waals surface area contributed by atoms with Crippen molar-refractivity contribution in [1.82, 2.24) is 15.0 Å². The molecule has 3 rings (SSSR count). The van der Waals surface area contributed by atoms with E-state index < -0.39 is 0 Å². The summed E-state index contributed by atoms with van der Waals surface area (Å²) < 4.78 is 13.3. The molecule has 2 aromatic heterocycles. The van der Waals surface area contributed by atoms with Gasteiger partial charge in [0, 0.05) is 29.4 Å². The molecule has 0 atom stereocenters. The molecule has 0 radical (unpaired) electrons. The fourth-order valence-corrected chi connectivity index (χ4v) is 2.75. The van der Waals surface area contributed by atoms with E-state index in [0.29, 0.717) is 17.7 Å². The second kappa shape index (κ2) is 5.50. The summed E-state index contributed by atoms with van der Waals surface area (Å²) in [7, 11) is 0. The van der Waals surface area contributed by atoms with Crippen LogP contribution in [0.4, 0.5) is 10.2 Å². The highest BCUT2D eigenvalue weighted by Crippen LogP contribution is 2.20. The van der Waals surface area contributed by atoms with Crippen LogP contribution in [0.25, 0.3) is 10.9 Å². The van der Waals surface area contributed by atoms with Gasteiger partial charge < -0.3 is 5.32 Å². The van der Waals surface area contributed by atoms with Gasteiger partial charge in [0.2, 0.25) is 0 Å². The number of hydrogen-bond acceptors (Lipinski definition) is 5. The first-order chi connectivity index (χ1) is 9.72. The lowest BCUT2D eigenvalue weighted by Gasteiger charge is -2.07. The van der Waals surface area contributed by atoms with Gasteiger partial charge in [-0.1, -0.05) is 0 Å². The molecule has 0 amide bonds. The Bertz CT molecular complexity index is 741. The molecule has 4 nitrogen and oxygen atoms in total. The summed E-state index contributed by atoms with van der Waals surface area (Å²) in [5.74, 6) is 0.369. The lowest BCUT2D eigenvalue weighted by atomic mass is 10.2. The van der Waals surface area contributed by atoms with Gasteiger partial charge in [0.1, 0.15) is 18.0 Å². The molecule has 1 aromatic carbocycles. The smallest absolute Gasteiger partial charge is 0.137 e. The van der Waals surface area contributed by atoms with E-state index in [1.807, 2.05) is 12.3 Å². The zero-order valence-corrected chi connectivity index (χ0v) is 11.7. The van der Waals surface area contributed by atoms with E-state index in [-0.39, 0.29) is 5.82 Å². The molecule has 1 N–H and O–H groups in total. The van der Waals surface area contributed by atoms with Crippen LogP contribution in [0.3, 0.4) is 0 Å². The number of hydrogen-bond donors (Lipinski definition) is 1. The number of benzene rings is 1. The fourth-order valence-electron chi connectivity index (χ4n) is 1.98. The number of thiazole rings is 1. The molecule has 6 heteroatoms. The van der Waals surface area contributed by atoms with Crippen LogP contribution in [0.5, 0.6) is 0 Å². The first-order valence-corrected chi connectivity index (χ1v) is 7.15. The van der Waals surface area contributed by atoms with Gasteiger partial charge in [0.25, 0.3) is 0 Å². The molecule has 0 aliphatic heterocycles. The van der Waals surface area contributed by atoms with Crippen molar-refractivity contribution in [1.29, 1.82) is 0 Å². The molecule has 2 heterocycles. The molecule has 0 bridgehead atoms. The van der Waals surface area contributed by atoms with Crippen LogP contribution < -0.4 is 5.32 Å². The molecule has 0 saturated heterocycles. The quantitative estimate of drug-likeness (QED) is 0.801. The van der Waals surface area contributed by atoms with Gasteiger partial charge in [0.15, 0.2) is 0 Å². The summed E-state index contributed by atoms with van der Waals surface area (Å²) in [6.07, 6.45) is 2.30. The minimum absolute atomic E-state index is 0.286. The predicted octanol–water partition coefficient (Wildman–Crippen LogP) is 3.19. The van der Waals surface area contributed by atoms with E-state index in [2.05, 4.69) is 20.3 Å². The molecule has 0 fully saturated rings. The number of fused-ring (bicyclic) bond motifs is 1. The number of aryl methyl sites for hydroxylation is 1. The van der Waals surface area contributed by atoms with Crippen molar-refractivity contribution >= 4 is 28.1 Å². The highest BCUT2D eigenvalue weighted by atomic mass is 32.1. The summed E-state index contributed by atoms with van der Waals surface area (Å²) in [5.41, 5.74) is 1.77. The lowest BCUT2D eigenvalue weighted by Crippen LogP contribution is -2.07. The highest BCUT2D eigenvalue weighted by molar-refractivity contribution is 7.09. The van der Waals surface area contributed by atoms with Crippen LogP contribution in [-0.4, -0.2) is 21.5 Å². The fraction of sp³-hybridized carbons (Fsp3) is 0.214. The van der Waals surface area contributed by atoms with Crippen molar-refractivity contribution in [3.05, 3.63) is 46.4 Å². The van der Waals surface area contributed by atoms with Crippen LogP contribution in [0.1, 0.15) is 10.7 Å². The molecule has 102 valence electrons. The zero-order chi connectivity index (χ0) is 13.9. The summed E-state index contributed by atoms with van der Waals surface area (Å²) in [4.78, 5) is 12.7. The second-order valence-corrected chi connectivity index (χ2v) is 5.39. The van der Waals surface area contributed by atoms with Crippen molar-refractivity contribution < 1.29 is 4.39 Å². The number of anilines is 1. The van der Waals surface area contributed by atoms with Gasteiger partial charge >= 0.3 is 0 Å². The van der Waals surface area contributed by atoms with Gasteiger partial charge in [-0.3, -0.25) is 0 Å². The lowest BCUT2D eigenvalue weighted by molar-refractivity contribution is 0.629. The molecule has 0 saturated carbocycles. The molecule has 0 aliphatic carbocycles. The first-order valence-electron chi connectivity index (χ1n) is 6.27. The topological polar surface area (TPSA) is 50.7 Å². The maximum atomic E-state index is 13.3. The van der Waals surface area contributed by atoms with E-state index in [1.165, 1.54) is 18.5 Å². The third-order valence-corrected chi connectivity index (χ3v) is 3.92. The Morgan fingerprint density at radius 3 is 3.00 bits per heavy atom. The zero-order valence-electron chi connectivity index (χ0n) is 10.9. The maximum absolute atomic E-state index is 13.3. The largest absolute Gasteiger partial charge is 0.369 e. The molecular weight excluding hydrogens is 275 g/mol. The Morgan fingerprint density at radius 2 is 2.20 bits per heavy atom. The van der Waals surface area contributed by atoms with Gasteiger partial charge in [-0.2, -0.15) is 0 Å². The van der Waals surface area contributed by atoms with E-state index in [9.17, 15) is 4.39 Å². The van der Waals surface area contributed by atoms with Crippen LogP contribution in [0, 0.1) is 12.7 Å². The number of nitrogens with zero attached hydrogens (tertiary/aromatic N) is 3. The van der Waals surface area contributed by atoms with Crippen LogP contribution in [0.2, 0.25) is 0 Å². The molecule has 3 aromatic rings. The molecule has 0 aliphatic rings. The van der Waals surface area contributed by atoms with E-state index in [4.69, 9.17) is 0 Å². The van der Waals surface area contributed by atoms with Crippen molar-refractivity contribution in [2.24, 2.45) is 0 Å². The minimum Gasteiger partial charge on any atom is -0.369 e. The van der Waals surface area contributed by atoms with E-state index in [0.717, 1.165) is 22.6 Å². The third-order valence-electron chi connectivity index (χ3n) is 2.90. The Hall–Kier alpha value is -2.08. The van der Waals surface area contributed by atoms with Crippen molar-refractivity contribution in [3.63, 3.8) is 0 Å². The first kappa shape index (κ1) is 12.9. The summed E-state index contributed by atoms with van der Waals surface area (Å²) in [5, 5.41) is 7.03. The molecular formula is C14H13FN4S. The highest BCUT2D eigenvalue weighted by Gasteiger charge is 2.05. The summed E-state index contributed by atoms with van der Waals surface area (Å²) >= 11 is 1.65. The normalized spacial score (nSPS) is 10.9. The summed E-state index contributed by atoms with van der Waals surface area (Å²) in [6.45, 7) is 2.68. The van der Waals surface area contributed by atoms with Gasteiger partial charge in [-0.05, 0) is 25.1 Å². The maximum Gasteiger partial charge on any atom is 0.137 e. The Labute approximate surface area is 119 Å². The molecule has 20 heavy (non-hydrogen) atoms. The van der Waals surface area contributed by atoms with E-state index >= 15 is 0 Å². The Morgan fingerprint density at radius 1 is 1.30 bits per heavy atom. The minimum atomic E-state index is -0.286. The number of nitrogens with one attached hydrogen (secondary N) is 1. The average molecular weight is 288 g/mol. The third kappa shape index (κ3) is 2.75. The number of halogens is 1. The van der Waals surface area contributed by atoms with Crippen LogP contribution in [-0.2, 0) is 6.42 Å². The van der Waals surface area contributed by atoms with Crippen LogP contribution in [0.15, 0.2) is 29.9 Å². The predicted molar refractivity (Wildman–Crippen MR) is 78.5 cm³/mol. The van der Waals surface area contributed by atoms with Gasteiger partial charge in [0.05, 0.1) is 10.5 Å². The number of aromatic nitrogens is 3. The van der Waals surface area contributed by atoms with Crippen molar-refractivity contribution in [2.45, 2.75) is 13.3 Å². The van der Waals surface area contributed by atoms with Crippen molar-refractivity contribution in [2.75, 3.05) is 11.9 Å². The van der Waals surface area contributed by atoms with E-state index in [1.54, 1.807) is 17.4 Å². The average Bonchev–Trinajstić information content (AvgIpc) is 2.85. The SMILES string of the molecule is Cc1csc(CCNc2ncnc3ccc(F)cc23)n1. The molecule has 0 unspecified atom stereocenters. The molecule has 0 spiro atoms. The van der Waals surface area contributed by atoms with Gasteiger partial charge in [-0.25, -0.2) is 19.3 Å². The Balaban J connectivity index is 1.75. The summed E-state index contributed by atoms with van der Waals surface area (Å²) in [6, 6.07) is 4.50. The van der Waals surface area contributed by atoms with Crippen molar-refractivity contribution in [3.8, 4) is 0 Å². The Kier molecular flexibility index (Phi) is 3.56. The van der Waals surface area contributed by atoms with Crippen LogP contribution >= 0.6 is 11.3 Å². The standard InChI is InChI=1S/C14H13FN4S/c1-9-7-20-13(19-9)4-5-16-14-11-6-10(15)2-3-12(11)17-8-18-14/h2-3,6-8H,4-5H2,1H3,(H,16,17,18). The second-order valence-electron chi connectivity index (χ2n) is 4.44. The monoisotopic (exact) mass is 288 g/mol. The van der Waals surface area contributed by atoms with Gasteiger partial charge in [-0.15, -0.1) is 11.3 Å². The number of rotatable bonds is 4.